The highest BCUT2D eigenvalue weighted by atomic mass is 16.1. The predicted octanol–water partition coefficient (Wildman–Crippen LogP) is 1.60. The summed E-state index contributed by atoms with van der Waals surface area (Å²) in [6.07, 6.45) is 3.78. The molecule has 0 heterocycles. The van der Waals surface area contributed by atoms with Gasteiger partial charge in [-0.05, 0) is 11.8 Å². The first-order chi connectivity index (χ1) is 5.08. The molecule has 0 unspecified atom stereocenters. The summed E-state index contributed by atoms with van der Waals surface area (Å²) < 4.78 is 0. The lowest BCUT2D eigenvalue weighted by Gasteiger charge is -2.24. The van der Waals surface area contributed by atoms with Gasteiger partial charge < -0.3 is 9.59 Å². The van der Waals surface area contributed by atoms with Gasteiger partial charge in [0.25, 0.3) is 0 Å². The average Bonchev–Trinajstić information content (AvgIpc) is 1.89. The third kappa shape index (κ3) is 2.66. The fraction of sp³-hybridized carbons (Fsp3) is 0.556. The van der Waals surface area contributed by atoms with E-state index in [0.29, 0.717) is 19.0 Å². The molecule has 0 atom stereocenters. The van der Waals surface area contributed by atoms with Crippen molar-refractivity contribution < 1.29 is 9.59 Å². The molecule has 0 aromatic rings. The molecule has 0 saturated heterocycles. The van der Waals surface area contributed by atoms with Crippen molar-refractivity contribution in [3.05, 3.63) is 12.7 Å². The van der Waals surface area contributed by atoms with E-state index in [1.165, 1.54) is 0 Å². The molecule has 11 heavy (non-hydrogen) atoms. The van der Waals surface area contributed by atoms with Crippen molar-refractivity contribution in [3.63, 3.8) is 0 Å². The summed E-state index contributed by atoms with van der Waals surface area (Å²) in [6, 6.07) is 0. The standard InChI is InChI=1S/C9H14O2/c1-4-5-9(2,3)8(6-10)7-11/h4,6-8H,1,5H2,2-3H3. The Morgan fingerprint density at radius 1 is 1.36 bits per heavy atom. The molecule has 0 aliphatic heterocycles. The summed E-state index contributed by atoms with van der Waals surface area (Å²) >= 11 is 0. The summed E-state index contributed by atoms with van der Waals surface area (Å²) in [6.45, 7) is 7.32. The Bertz CT molecular complexity index is 151. The molecule has 0 amide bonds. The van der Waals surface area contributed by atoms with Gasteiger partial charge in [-0.3, -0.25) is 0 Å². The van der Waals surface area contributed by atoms with Crippen molar-refractivity contribution in [2.45, 2.75) is 20.3 Å². The fourth-order valence-corrected chi connectivity index (χ4v) is 0.909. The third-order valence-electron chi connectivity index (χ3n) is 1.87. The molecule has 0 N–H and O–H groups in total. The van der Waals surface area contributed by atoms with E-state index in [0.717, 1.165) is 0 Å². The van der Waals surface area contributed by atoms with Gasteiger partial charge in [0.15, 0.2) is 0 Å². The Balaban J connectivity index is 4.34. The Kier molecular flexibility index (Phi) is 3.72. The van der Waals surface area contributed by atoms with Crippen LogP contribution in [0.4, 0.5) is 0 Å². The van der Waals surface area contributed by atoms with Gasteiger partial charge in [0.2, 0.25) is 0 Å². The van der Waals surface area contributed by atoms with Crippen molar-refractivity contribution >= 4 is 12.6 Å². The Morgan fingerprint density at radius 2 is 1.82 bits per heavy atom. The third-order valence-corrected chi connectivity index (χ3v) is 1.87. The average molecular weight is 154 g/mol. The van der Waals surface area contributed by atoms with Crippen molar-refractivity contribution in [2.24, 2.45) is 11.3 Å². The van der Waals surface area contributed by atoms with Crippen molar-refractivity contribution in [1.82, 2.24) is 0 Å². The minimum Gasteiger partial charge on any atom is -0.303 e. The maximum absolute atomic E-state index is 10.4. The quantitative estimate of drug-likeness (QED) is 0.342. The molecule has 0 fully saturated rings. The van der Waals surface area contributed by atoms with Crippen LogP contribution in [0.15, 0.2) is 12.7 Å². The van der Waals surface area contributed by atoms with Crippen LogP contribution in [0.2, 0.25) is 0 Å². The molecule has 0 aliphatic rings. The van der Waals surface area contributed by atoms with E-state index >= 15 is 0 Å². The highest BCUT2D eigenvalue weighted by molar-refractivity contribution is 5.78. The number of hydrogen-bond donors (Lipinski definition) is 0. The molecule has 62 valence electrons. The lowest BCUT2D eigenvalue weighted by molar-refractivity contribution is -0.123. The van der Waals surface area contributed by atoms with Gasteiger partial charge in [-0.1, -0.05) is 19.9 Å². The van der Waals surface area contributed by atoms with Crippen LogP contribution >= 0.6 is 0 Å². The molecule has 0 aromatic carbocycles. The minimum atomic E-state index is -0.513. The van der Waals surface area contributed by atoms with Crippen LogP contribution in [-0.2, 0) is 9.59 Å². The summed E-state index contributed by atoms with van der Waals surface area (Å²) in [4.78, 5) is 20.8. The summed E-state index contributed by atoms with van der Waals surface area (Å²) in [5, 5.41) is 0. The van der Waals surface area contributed by atoms with Crippen molar-refractivity contribution in [3.8, 4) is 0 Å². The molecule has 2 heteroatoms. The second kappa shape index (κ2) is 4.06. The Labute approximate surface area is 67.3 Å². The zero-order chi connectivity index (χ0) is 8.91. The molecule has 0 radical (unpaired) electrons. The first kappa shape index (κ1) is 10.1. The minimum absolute atomic E-state index is 0.286. The smallest absolute Gasteiger partial charge is 0.130 e. The van der Waals surface area contributed by atoms with Gasteiger partial charge in [0.05, 0.1) is 5.92 Å². The lowest BCUT2D eigenvalue weighted by atomic mass is 9.78. The second-order valence-corrected chi connectivity index (χ2v) is 3.28. The largest absolute Gasteiger partial charge is 0.303 e. The number of carbonyl (C=O) groups is 2. The van der Waals surface area contributed by atoms with Gasteiger partial charge >= 0.3 is 0 Å². The van der Waals surface area contributed by atoms with Gasteiger partial charge in [-0.15, -0.1) is 6.58 Å². The lowest BCUT2D eigenvalue weighted by Crippen LogP contribution is -2.25. The molecule has 0 bridgehead atoms. The molecular formula is C9H14O2. The summed E-state index contributed by atoms with van der Waals surface area (Å²) in [5.74, 6) is -0.513. The fourth-order valence-electron chi connectivity index (χ4n) is 0.909. The van der Waals surface area contributed by atoms with E-state index < -0.39 is 5.92 Å². The van der Waals surface area contributed by atoms with Gasteiger partial charge in [0, 0.05) is 0 Å². The Hall–Kier alpha value is -0.920. The second-order valence-electron chi connectivity index (χ2n) is 3.28. The van der Waals surface area contributed by atoms with Crippen LogP contribution in [-0.4, -0.2) is 12.6 Å². The van der Waals surface area contributed by atoms with Gasteiger partial charge in [0.1, 0.15) is 12.6 Å². The summed E-state index contributed by atoms with van der Waals surface area (Å²) in [5.41, 5.74) is -0.286. The SMILES string of the molecule is C=CCC(C)(C)C(C=O)C=O. The molecule has 2 nitrogen and oxygen atoms in total. The molecular weight excluding hydrogens is 140 g/mol. The molecule has 0 spiro atoms. The number of rotatable bonds is 5. The topological polar surface area (TPSA) is 34.1 Å². The van der Waals surface area contributed by atoms with Crippen LogP contribution in [0.25, 0.3) is 0 Å². The molecule has 0 aromatic heterocycles. The van der Waals surface area contributed by atoms with Gasteiger partial charge in [-0.25, -0.2) is 0 Å². The van der Waals surface area contributed by atoms with E-state index in [2.05, 4.69) is 6.58 Å². The molecule has 0 saturated carbocycles. The van der Waals surface area contributed by atoms with E-state index in [-0.39, 0.29) is 5.41 Å². The van der Waals surface area contributed by atoms with Crippen molar-refractivity contribution in [1.29, 1.82) is 0 Å². The maximum atomic E-state index is 10.4. The predicted molar refractivity (Wildman–Crippen MR) is 44.2 cm³/mol. The normalized spacial score (nSPS) is 11.2. The van der Waals surface area contributed by atoms with Crippen molar-refractivity contribution in [2.75, 3.05) is 0 Å². The molecule has 0 rings (SSSR count). The number of allylic oxidation sites excluding steroid dienone is 1. The highest BCUT2D eigenvalue weighted by Crippen LogP contribution is 2.28. The number of carbonyl (C=O) groups excluding carboxylic acids is 2. The Morgan fingerprint density at radius 3 is 2.09 bits per heavy atom. The van der Waals surface area contributed by atoms with Crippen LogP contribution < -0.4 is 0 Å². The highest BCUT2D eigenvalue weighted by Gasteiger charge is 2.27. The van der Waals surface area contributed by atoms with E-state index in [9.17, 15) is 9.59 Å². The zero-order valence-corrected chi connectivity index (χ0v) is 7.04. The van der Waals surface area contributed by atoms with E-state index in [4.69, 9.17) is 0 Å². The monoisotopic (exact) mass is 154 g/mol. The van der Waals surface area contributed by atoms with Crippen LogP contribution in [0.1, 0.15) is 20.3 Å². The van der Waals surface area contributed by atoms with Crippen LogP contribution in [0.3, 0.4) is 0 Å². The number of aldehydes is 2. The van der Waals surface area contributed by atoms with Crippen LogP contribution in [0, 0.1) is 11.3 Å². The first-order valence-corrected chi connectivity index (χ1v) is 3.60. The van der Waals surface area contributed by atoms with E-state index in [1.807, 2.05) is 13.8 Å². The summed E-state index contributed by atoms with van der Waals surface area (Å²) in [7, 11) is 0. The van der Waals surface area contributed by atoms with Crippen LogP contribution in [0.5, 0.6) is 0 Å². The maximum Gasteiger partial charge on any atom is 0.130 e. The number of hydrogen-bond acceptors (Lipinski definition) is 2. The first-order valence-electron chi connectivity index (χ1n) is 3.60. The van der Waals surface area contributed by atoms with E-state index in [1.54, 1.807) is 6.08 Å². The zero-order valence-electron chi connectivity index (χ0n) is 7.04. The molecule has 0 aliphatic carbocycles. The van der Waals surface area contributed by atoms with Gasteiger partial charge in [-0.2, -0.15) is 0 Å².